The normalized spacial score (nSPS) is 11.0. The molecule has 0 saturated heterocycles. The second-order valence-electron chi connectivity index (χ2n) is 4.37. The predicted molar refractivity (Wildman–Crippen MR) is 79.4 cm³/mol. The van der Waals surface area contributed by atoms with Crippen LogP contribution in [0.5, 0.6) is 5.75 Å². The molecule has 0 atom stereocenters. The fourth-order valence-electron chi connectivity index (χ4n) is 1.76. The summed E-state index contributed by atoms with van der Waals surface area (Å²) in [5, 5.41) is 12.0. The van der Waals surface area contributed by atoms with Gasteiger partial charge >= 0.3 is 0 Å². The maximum atomic E-state index is 5.71. The first-order valence-electron chi connectivity index (χ1n) is 6.51. The zero-order chi connectivity index (χ0) is 14.4. The molecule has 0 fully saturated rings. The van der Waals surface area contributed by atoms with Gasteiger partial charge in [-0.1, -0.05) is 22.9 Å². The minimum atomic E-state index is 0.635. The number of hydrogen-bond donors (Lipinski definition) is 0. The predicted octanol–water partition coefficient (Wildman–Crippen LogP) is 1.87. The summed E-state index contributed by atoms with van der Waals surface area (Å²) in [6, 6.07) is 7.84. The van der Waals surface area contributed by atoms with Crippen molar-refractivity contribution in [3.63, 3.8) is 0 Å². The molecule has 7 heteroatoms. The van der Waals surface area contributed by atoms with Crippen LogP contribution in [0.25, 0.3) is 0 Å². The second kappa shape index (κ2) is 7.35. The number of likely N-dealkylation sites (N-methyl/N-ethyl adjacent to an activating group) is 1. The monoisotopic (exact) mass is 339 g/mol. The van der Waals surface area contributed by atoms with E-state index in [0.717, 1.165) is 29.1 Å². The highest BCUT2D eigenvalue weighted by Gasteiger charge is 2.08. The van der Waals surface area contributed by atoms with Crippen LogP contribution in [0.4, 0.5) is 0 Å². The van der Waals surface area contributed by atoms with Crippen molar-refractivity contribution < 1.29 is 4.74 Å². The Morgan fingerprint density at radius 1 is 1.30 bits per heavy atom. The first kappa shape index (κ1) is 14.9. The Morgan fingerprint density at radius 2 is 2.05 bits per heavy atom. The van der Waals surface area contributed by atoms with Gasteiger partial charge in [-0.2, -0.15) is 4.80 Å². The van der Waals surface area contributed by atoms with Crippen LogP contribution in [0.3, 0.4) is 0 Å². The highest BCUT2D eigenvalue weighted by Crippen LogP contribution is 2.15. The zero-order valence-electron chi connectivity index (χ0n) is 11.7. The number of aromatic nitrogens is 4. The molecule has 20 heavy (non-hydrogen) atoms. The summed E-state index contributed by atoms with van der Waals surface area (Å²) < 4.78 is 6.76. The molecule has 0 spiro atoms. The molecule has 0 N–H and O–H groups in total. The summed E-state index contributed by atoms with van der Waals surface area (Å²) in [5.41, 5.74) is 0. The van der Waals surface area contributed by atoms with E-state index >= 15 is 0 Å². The SMILES string of the molecule is CCN(CCOc1ccc(Br)cc1)Cc1nnn(C)n1. The Hall–Kier alpha value is -1.47. The number of rotatable bonds is 7. The summed E-state index contributed by atoms with van der Waals surface area (Å²) in [7, 11) is 1.77. The maximum absolute atomic E-state index is 5.71. The number of halogens is 1. The molecular formula is C13H18BrN5O. The molecule has 0 aliphatic carbocycles. The fraction of sp³-hybridized carbons (Fsp3) is 0.462. The smallest absolute Gasteiger partial charge is 0.188 e. The van der Waals surface area contributed by atoms with Gasteiger partial charge in [0.05, 0.1) is 13.6 Å². The number of tetrazole rings is 1. The zero-order valence-corrected chi connectivity index (χ0v) is 13.2. The highest BCUT2D eigenvalue weighted by molar-refractivity contribution is 9.10. The lowest BCUT2D eigenvalue weighted by Gasteiger charge is -2.18. The molecule has 6 nitrogen and oxygen atoms in total. The minimum Gasteiger partial charge on any atom is -0.492 e. The molecule has 0 aliphatic rings. The summed E-state index contributed by atoms with van der Waals surface area (Å²) in [5.74, 6) is 1.61. The van der Waals surface area contributed by atoms with Crippen LogP contribution < -0.4 is 4.74 Å². The van der Waals surface area contributed by atoms with Gasteiger partial charge in [0, 0.05) is 11.0 Å². The second-order valence-corrected chi connectivity index (χ2v) is 5.28. The van der Waals surface area contributed by atoms with E-state index < -0.39 is 0 Å². The summed E-state index contributed by atoms with van der Waals surface area (Å²) >= 11 is 3.40. The largest absolute Gasteiger partial charge is 0.492 e. The standard InChI is InChI=1S/C13H18BrN5O/c1-3-19(10-13-15-17-18(2)16-13)8-9-20-12-6-4-11(14)5-7-12/h4-7H,3,8-10H2,1-2H3. The lowest BCUT2D eigenvalue weighted by molar-refractivity contribution is 0.206. The summed E-state index contributed by atoms with van der Waals surface area (Å²) in [6.45, 7) is 5.17. The highest BCUT2D eigenvalue weighted by atomic mass is 79.9. The van der Waals surface area contributed by atoms with Crippen molar-refractivity contribution in [2.75, 3.05) is 19.7 Å². The number of aryl methyl sites for hydroxylation is 1. The van der Waals surface area contributed by atoms with Crippen molar-refractivity contribution in [2.45, 2.75) is 13.5 Å². The van der Waals surface area contributed by atoms with Gasteiger partial charge in [-0.25, -0.2) is 0 Å². The van der Waals surface area contributed by atoms with E-state index in [1.54, 1.807) is 7.05 Å². The third-order valence-corrected chi connectivity index (χ3v) is 3.38. The average Bonchev–Trinajstić information content (AvgIpc) is 2.85. The molecule has 2 rings (SSSR count). The molecule has 2 aromatic rings. The third-order valence-electron chi connectivity index (χ3n) is 2.85. The molecule has 0 aliphatic heterocycles. The average molecular weight is 340 g/mol. The molecular weight excluding hydrogens is 322 g/mol. The molecule has 0 saturated carbocycles. The summed E-state index contributed by atoms with van der Waals surface area (Å²) in [6.07, 6.45) is 0. The molecule has 0 amide bonds. The molecule has 0 bridgehead atoms. The number of ether oxygens (including phenoxy) is 1. The lowest BCUT2D eigenvalue weighted by atomic mass is 10.3. The van der Waals surface area contributed by atoms with E-state index in [-0.39, 0.29) is 0 Å². The Labute approximate surface area is 126 Å². The van der Waals surface area contributed by atoms with Crippen LogP contribution in [-0.2, 0) is 13.6 Å². The Bertz CT molecular complexity index is 528. The quantitative estimate of drug-likeness (QED) is 0.770. The van der Waals surface area contributed by atoms with Gasteiger partial charge in [0.2, 0.25) is 0 Å². The van der Waals surface area contributed by atoms with Gasteiger partial charge in [-0.15, -0.1) is 10.2 Å². The van der Waals surface area contributed by atoms with Gasteiger partial charge in [0.25, 0.3) is 0 Å². The maximum Gasteiger partial charge on any atom is 0.188 e. The first-order valence-corrected chi connectivity index (χ1v) is 7.30. The van der Waals surface area contributed by atoms with Crippen molar-refractivity contribution in [3.8, 4) is 5.75 Å². The molecule has 1 aromatic heterocycles. The van der Waals surface area contributed by atoms with E-state index in [4.69, 9.17) is 4.74 Å². The Balaban J connectivity index is 1.77. The van der Waals surface area contributed by atoms with Crippen molar-refractivity contribution in [2.24, 2.45) is 7.05 Å². The van der Waals surface area contributed by atoms with Crippen LogP contribution in [-0.4, -0.2) is 44.8 Å². The van der Waals surface area contributed by atoms with Crippen molar-refractivity contribution >= 4 is 15.9 Å². The molecule has 0 unspecified atom stereocenters. The summed E-state index contributed by atoms with van der Waals surface area (Å²) in [4.78, 5) is 3.69. The Kier molecular flexibility index (Phi) is 5.49. The van der Waals surface area contributed by atoms with Gasteiger partial charge < -0.3 is 4.74 Å². The third kappa shape index (κ3) is 4.57. The molecule has 1 aromatic carbocycles. The molecule has 0 radical (unpaired) electrons. The fourth-order valence-corrected chi connectivity index (χ4v) is 2.02. The van der Waals surface area contributed by atoms with Crippen LogP contribution in [0.15, 0.2) is 28.7 Å². The Morgan fingerprint density at radius 3 is 2.65 bits per heavy atom. The lowest BCUT2D eigenvalue weighted by Crippen LogP contribution is -2.28. The topological polar surface area (TPSA) is 56.1 Å². The minimum absolute atomic E-state index is 0.635. The van der Waals surface area contributed by atoms with Gasteiger partial charge in [0.1, 0.15) is 12.4 Å². The van der Waals surface area contributed by atoms with E-state index in [2.05, 4.69) is 43.2 Å². The van der Waals surface area contributed by atoms with Crippen LogP contribution in [0, 0.1) is 0 Å². The van der Waals surface area contributed by atoms with Gasteiger partial charge in [-0.05, 0) is 36.0 Å². The van der Waals surface area contributed by atoms with Gasteiger partial charge in [-0.3, -0.25) is 4.90 Å². The van der Waals surface area contributed by atoms with E-state index in [9.17, 15) is 0 Å². The van der Waals surface area contributed by atoms with Crippen LogP contribution in [0.2, 0.25) is 0 Å². The van der Waals surface area contributed by atoms with Crippen LogP contribution >= 0.6 is 15.9 Å². The van der Waals surface area contributed by atoms with Gasteiger partial charge in [0.15, 0.2) is 5.82 Å². The number of benzene rings is 1. The van der Waals surface area contributed by atoms with E-state index in [1.165, 1.54) is 4.80 Å². The molecule has 108 valence electrons. The van der Waals surface area contributed by atoms with E-state index in [1.807, 2.05) is 24.3 Å². The molecule has 1 heterocycles. The van der Waals surface area contributed by atoms with Crippen molar-refractivity contribution in [3.05, 3.63) is 34.6 Å². The van der Waals surface area contributed by atoms with E-state index in [0.29, 0.717) is 13.2 Å². The van der Waals surface area contributed by atoms with Crippen molar-refractivity contribution in [1.29, 1.82) is 0 Å². The first-order chi connectivity index (χ1) is 9.67. The van der Waals surface area contributed by atoms with Crippen molar-refractivity contribution in [1.82, 2.24) is 25.1 Å². The van der Waals surface area contributed by atoms with Crippen LogP contribution in [0.1, 0.15) is 12.7 Å². The number of hydrogen-bond acceptors (Lipinski definition) is 5. The number of nitrogens with zero attached hydrogens (tertiary/aromatic N) is 5.